The van der Waals surface area contributed by atoms with Gasteiger partial charge in [0.1, 0.15) is 0 Å². The van der Waals surface area contributed by atoms with Crippen molar-refractivity contribution in [2.45, 2.75) is 50.5 Å². The minimum Gasteiger partial charge on any atom is -0.481 e. The van der Waals surface area contributed by atoms with Crippen LogP contribution in [0, 0.1) is 17.3 Å². The van der Waals surface area contributed by atoms with E-state index in [4.69, 9.17) is 0 Å². The van der Waals surface area contributed by atoms with Gasteiger partial charge in [0, 0.05) is 0 Å². The lowest BCUT2D eigenvalue weighted by Gasteiger charge is -2.56. The third-order valence-electron chi connectivity index (χ3n) is 5.06. The number of rotatable bonds is 1. The van der Waals surface area contributed by atoms with Crippen LogP contribution in [0.2, 0.25) is 0 Å². The molecule has 0 aliphatic heterocycles. The van der Waals surface area contributed by atoms with Crippen molar-refractivity contribution in [2.24, 2.45) is 17.3 Å². The van der Waals surface area contributed by atoms with E-state index in [1.165, 1.54) is 0 Å². The van der Waals surface area contributed by atoms with Crippen LogP contribution in [-0.4, -0.2) is 21.8 Å². The molecular formula is C12H18O3. The van der Waals surface area contributed by atoms with Crippen molar-refractivity contribution in [1.29, 1.82) is 0 Å². The number of carbonyl (C=O) groups is 1. The number of carboxylic acid groups (broad SMARTS) is 1. The number of hydrogen-bond donors (Lipinski definition) is 2. The van der Waals surface area contributed by atoms with Gasteiger partial charge >= 0.3 is 5.97 Å². The first-order chi connectivity index (χ1) is 7.03. The van der Waals surface area contributed by atoms with Crippen molar-refractivity contribution in [1.82, 2.24) is 0 Å². The Hall–Kier alpha value is -0.570. The molecule has 84 valence electrons. The highest BCUT2D eigenvalue weighted by atomic mass is 16.4. The fraction of sp³-hybridized carbons (Fsp3) is 0.917. The van der Waals surface area contributed by atoms with E-state index in [9.17, 15) is 15.0 Å². The maximum absolute atomic E-state index is 11.4. The molecule has 3 fully saturated rings. The van der Waals surface area contributed by atoms with Crippen LogP contribution in [0.15, 0.2) is 0 Å². The smallest absolute Gasteiger partial charge is 0.309 e. The lowest BCUT2D eigenvalue weighted by molar-refractivity contribution is -0.180. The predicted molar refractivity (Wildman–Crippen MR) is 54.3 cm³/mol. The second-order valence-corrected chi connectivity index (χ2v) is 5.99. The molecule has 0 heterocycles. The van der Waals surface area contributed by atoms with Gasteiger partial charge in [-0.25, -0.2) is 0 Å². The van der Waals surface area contributed by atoms with Gasteiger partial charge in [0.25, 0.3) is 0 Å². The lowest BCUT2D eigenvalue weighted by Crippen LogP contribution is -2.55. The third kappa shape index (κ3) is 1.25. The van der Waals surface area contributed by atoms with Crippen LogP contribution in [0.4, 0.5) is 0 Å². The van der Waals surface area contributed by atoms with Gasteiger partial charge < -0.3 is 10.2 Å². The molecule has 4 unspecified atom stereocenters. The minimum atomic E-state index is -0.675. The Morgan fingerprint density at radius 1 is 1.13 bits per heavy atom. The summed E-state index contributed by atoms with van der Waals surface area (Å²) in [5, 5.41) is 19.7. The van der Waals surface area contributed by atoms with Gasteiger partial charge in [-0.15, -0.1) is 0 Å². The Kier molecular flexibility index (Phi) is 1.77. The summed E-state index contributed by atoms with van der Waals surface area (Å²) in [6.45, 7) is 0. The van der Waals surface area contributed by atoms with Gasteiger partial charge in [0.2, 0.25) is 0 Å². The van der Waals surface area contributed by atoms with E-state index in [0.29, 0.717) is 18.3 Å². The first-order valence-electron chi connectivity index (χ1n) is 5.99. The second kappa shape index (κ2) is 2.76. The van der Waals surface area contributed by atoms with Crippen LogP contribution in [0.1, 0.15) is 44.9 Å². The Balaban J connectivity index is 1.98. The molecule has 0 aromatic heterocycles. The van der Waals surface area contributed by atoms with Crippen molar-refractivity contribution in [3.63, 3.8) is 0 Å². The van der Waals surface area contributed by atoms with E-state index in [2.05, 4.69) is 0 Å². The van der Waals surface area contributed by atoms with Crippen molar-refractivity contribution in [3.8, 4) is 0 Å². The molecule has 0 radical (unpaired) electrons. The maximum Gasteiger partial charge on any atom is 0.309 e. The van der Waals surface area contributed by atoms with Crippen LogP contribution in [0.3, 0.4) is 0 Å². The van der Waals surface area contributed by atoms with Crippen molar-refractivity contribution >= 4 is 5.97 Å². The van der Waals surface area contributed by atoms with Gasteiger partial charge in [-0.2, -0.15) is 0 Å². The molecule has 0 spiro atoms. The summed E-state index contributed by atoms with van der Waals surface area (Å²) in [5.41, 5.74) is -1.24. The highest BCUT2D eigenvalue weighted by Gasteiger charge is 2.57. The Labute approximate surface area is 89.5 Å². The maximum atomic E-state index is 11.4. The van der Waals surface area contributed by atoms with Gasteiger partial charge in [-0.05, 0) is 56.8 Å². The van der Waals surface area contributed by atoms with Crippen molar-refractivity contribution in [2.75, 3.05) is 0 Å². The molecule has 0 aromatic rings. The SMILES string of the molecule is O=C(O)C12CCC3CCC(O)(CC3C1)C2. The molecular weight excluding hydrogens is 192 g/mol. The van der Waals surface area contributed by atoms with Gasteiger partial charge in [0.05, 0.1) is 11.0 Å². The zero-order valence-electron chi connectivity index (χ0n) is 8.91. The molecule has 3 saturated carbocycles. The molecule has 0 saturated heterocycles. The van der Waals surface area contributed by atoms with Gasteiger partial charge in [-0.1, -0.05) is 0 Å². The van der Waals surface area contributed by atoms with E-state index in [1.807, 2.05) is 0 Å². The average molecular weight is 210 g/mol. The lowest BCUT2D eigenvalue weighted by atomic mass is 9.50. The molecule has 3 aliphatic carbocycles. The zero-order valence-corrected chi connectivity index (χ0v) is 8.91. The number of carboxylic acids is 1. The van der Waals surface area contributed by atoms with Crippen LogP contribution in [0.25, 0.3) is 0 Å². The fourth-order valence-corrected chi connectivity index (χ4v) is 4.35. The molecule has 3 nitrogen and oxygen atoms in total. The quantitative estimate of drug-likeness (QED) is 0.693. The first-order valence-corrected chi connectivity index (χ1v) is 5.99. The molecule has 3 heteroatoms. The summed E-state index contributed by atoms with van der Waals surface area (Å²) < 4.78 is 0. The van der Waals surface area contributed by atoms with Crippen LogP contribution < -0.4 is 0 Å². The van der Waals surface area contributed by atoms with Gasteiger partial charge in [0.15, 0.2) is 0 Å². The fourth-order valence-electron chi connectivity index (χ4n) is 4.35. The largest absolute Gasteiger partial charge is 0.481 e. The monoisotopic (exact) mass is 210 g/mol. The molecule has 3 aliphatic rings. The summed E-state index contributed by atoms with van der Waals surface area (Å²) in [6.07, 6.45) is 5.94. The molecule has 0 aromatic carbocycles. The molecule has 3 rings (SSSR count). The van der Waals surface area contributed by atoms with Crippen LogP contribution >= 0.6 is 0 Å². The van der Waals surface area contributed by atoms with E-state index >= 15 is 0 Å². The standard InChI is InChI=1S/C12H18O3/c13-10(14)11-3-1-8-2-4-12(15,7-11)6-9(8)5-11/h8-9,15H,1-7H2,(H,13,14). The summed E-state index contributed by atoms with van der Waals surface area (Å²) in [6, 6.07) is 0. The minimum absolute atomic E-state index is 0.474. The number of fused-ring (bicyclic) bond motifs is 2. The Bertz CT molecular complexity index is 314. The molecule has 4 atom stereocenters. The molecule has 0 amide bonds. The van der Waals surface area contributed by atoms with E-state index < -0.39 is 17.0 Å². The summed E-state index contributed by atoms with van der Waals surface area (Å²) >= 11 is 0. The van der Waals surface area contributed by atoms with Crippen molar-refractivity contribution in [3.05, 3.63) is 0 Å². The van der Waals surface area contributed by atoms with Crippen molar-refractivity contribution < 1.29 is 15.0 Å². The van der Waals surface area contributed by atoms with Crippen LogP contribution in [-0.2, 0) is 4.79 Å². The molecule has 2 N–H and O–H groups in total. The highest BCUT2D eigenvalue weighted by Crippen LogP contribution is 2.59. The van der Waals surface area contributed by atoms with Crippen LogP contribution in [0.5, 0.6) is 0 Å². The van der Waals surface area contributed by atoms with Gasteiger partial charge in [-0.3, -0.25) is 4.79 Å². The van der Waals surface area contributed by atoms with E-state index in [1.54, 1.807) is 0 Å². The second-order valence-electron chi connectivity index (χ2n) is 5.99. The molecule has 15 heavy (non-hydrogen) atoms. The topological polar surface area (TPSA) is 57.5 Å². The number of aliphatic hydroxyl groups is 1. The summed E-state index contributed by atoms with van der Waals surface area (Å²) in [5.74, 6) is 0.492. The number of hydrogen-bond acceptors (Lipinski definition) is 2. The third-order valence-corrected chi connectivity index (χ3v) is 5.06. The predicted octanol–water partition coefficient (Wildman–Crippen LogP) is 1.79. The Morgan fingerprint density at radius 3 is 2.60 bits per heavy atom. The van der Waals surface area contributed by atoms with E-state index in [-0.39, 0.29) is 0 Å². The normalized spacial score (nSPS) is 52.9. The Morgan fingerprint density at radius 2 is 1.87 bits per heavy atom. The zero-order chi connectivity index (χ0) is 10.7. The first kappa shape index (κ1) is 9.64. The van der Waals surface area contributed by atoms with E-state index in [0.717, 1.165) is 38.5 Å². The average Bonchev–Trinajstić information content (AvgIpc) is 2.14. The highest BCUT2D eigenvalue weighted by molar-refractivity contribution is 5.75. The summed E-state index contributed by atoms with van der Waals surface area (Å²) in [4.78, 5) is 11.4. The number of aliphatic carboxylic acids is 1. The molecule has 3 bridgehead atoms. The summed E-state index contributed by atoms with van der Waals surface area (Å²) in [7, 11) is 0.